The minimum Gasteiger partial charge on any atom is -0.399 e. The lowest BCUT2D eigenvalue weighted by Crippen LogP contribution is -2.07. The van der Waals surface area contributed by atoms with Crippen molar-refractivity contribution in [1.82, 2.24) is 0 Å². The van der Waals surface area contributed by atoms with Crippen molar-refractivity contribution in [2.24, 2.45) is 0 Å². The highest BCUT2D eigenvalue weighted by molar-refractivity contribution is 7.86. The SMILES string of the molecule is CC(c1ccccc1)S(=O)(=O)O.Nc1ccc(C2(F)CC2)cc1. The number of nitrogen functional groups attached to an aromatic ring is 1. The van der Waals surface area contributed by atoms with E-state index in [1.54, 1.807) is 54.6 Å². The predicted octanol–water partition coefficient (Wildman–Crippen LogP) is 3.86. The fraction of sp³-hybridized carbons (Fsp3) is 0.294. The zero-order valence-corrected chi connectivity index (χ0v) is 13.6. The second-order valence-electron chi connectivity index (χ2n) is 5.66. The second kappa shape index (κ2) is 6.68. The molecule has 0 aliphatic heterocycles. The molecular formula is C17H20FNO3S. The Hall–Kier alpha value is -1.92. The smallest absolute Gasteiger partial charge is 0.271 e. The van der Waals surface area contributed by atoms with E-state index in [2.05, 4.69) is 0 Å². The number of hydrogen-bond acceptors (Lipinski definition) is 3. The number of hydrogen-bond donors (Lipinski definition) is 2. The summed E-state index contributed by atoms with van der Waals surface area (Å²) >= 11 is 0. The summed E-state index contributed by atoms with van der Waals surface area (Å²) in [5.74, 6) is 0. The first-order chi connectivity index (χ1) is 10.7. The molecule has 0 bridgehead atoms. The molecule has 0 spiro atoms. The molecular weight excluding hydrogens is 317 g/mol. The lowest BCUT2D eigenvalue weighted by Gasteiger charge is -2.06. The molecule has 3 rings (SSSR count). The quantitative estimate of drug-likeness (QED) is 0.658. The first-order valence-electron chi connectivity index (χ1n) is 7.28. The maximum absolute atomic E-state index is 13.3. The van der Waals surface area contributed by atoms with Crippen LogP contribution >= 0.6 is 0 Å². The first kappa shape index (κ1) is 17.4. The van der Waals surface area contributed by atoms with Gasteiger partial charge in [-0.1, -0.05) is 42.5 Å². The zero-order chi connectivity index (χ0) is 17.1. The molecule has 1 aliphatic carbocycles. The fourth-order valence-corrected chi connectivity index (χ4v) is 2.58. The number of rotatable bonds is 3. The molecule has 0 amide bonds. The molecule has 3 N–H and O–H groups in total. The topological polar surface area (TPSA) is 80.4 Å². The standard InChI is InChI=1S/C9H10FN.C8H10O3S/c10-9(5-6-9)7-1-3-8(11)4-2-7;1-7(12(9,10)11)8-5-3-2-4-6-8/h1-4H,5-6,11H2;2-7H,1H3,(H,9,10,11). The largest absolute Gasteiger partial charge is 0.399 e. The molecule has 0 saturated heterocycles. The van der Waals surface area contributed by atoms with E-state index < -0.39 is 21.0 Å². The van der Waals surface area contributed by atoms with Gasteiger partial charge in [0.1, 0.15) is 10.9 Å². The Morgan fingerprint density at radius 1 is 1.09 bits per heavy atom. The summed E-state index contributed by atoms with van der Waals surface area (Å²) in [6.45, 7) is 1.45. The number of alkyl halides is 1. The van der Waals surface area contributed by atoms with Crippen LogP contribution in [0, 0.1) is 0 Å². The van der Waals surface area contributed by atoms with Gasteiger partial charge in [-0.3, -0.25) is 4.55 Å². The molecule has 1 atom stereocenters. The van der Waals surface area contributed by atoms with Gasteiger partial charge in [0, 0.05) is 5.69 Å². The lowest BCUT2D eigenvalue weighted by molar-refractivity contribution is 0.317. The maximum atomic E-state index is 13.3. The van der Waals surface area contributed by atoms with Gasteiger partial charge in [-0.25, -0.2) is 4.39 Å². The fourth-order valence-electron chi connectivity index (χ4n) is 2.08. The van der Waals surface area contributed by atoms with E-state index in [4.69, 9.17) is 10.3 Å². The van der Waals surface area contributed by atoms with Crippen LogP contribution in [0.2, 0.25) is 0 Å². The third-order valence-electron chi connectivity index (χ3n) is 3.83. The van der Waals surface area contributed by atoms with Gasteiger partial charge in [0.25, 0.3) is 10.1 Å². The summed E-state index contributed by atoms with van der Waals surface area (Å²) in [6, 6.07) is 15.6. The third-order valence-corrected chi connectivity index (χ3v) is 5.00. The molecule has 0 radical (unpaired) electrons. The van der Waals surface area contributed by atoms with E-state index in [0.717, 1.165) is 5.56 Å². The van der Waals surface area contributed by atoms with Crippen LogP contribution in [0.3, 0.4) is 0 Å². The summed E-state index contributed by atoms with van der Waals surface area (Å²) in [5, 5.41) is -0.848. The van der Waals surface area contributed by atoms with Crippen LogP contribution < -0.4 is 5.73 Å². The van der Waals surface area contributed by atoms with Crippen molar-refractivity contribution >= 4 is 15.8 Å². The van der Waals surface area contributed by atoms with Crippen molar-refractivity contribution in [2.75, 3.05) is 5.73 Å². The van der Waals surface area contributed by atoms with Crippen molar-refractivity contribution < 1.29 is 17.4 Å². The van der Waals surface area contributed by atoms with Crippen molar-refractivity contribution in [3.05, 3.63) is 65.7 Å². The van der Waals surface area contributed by atoms with Gasteiger partial charge in [0.2, 0.25) is 0 Å². The Morgan fingerprint density at radius 2 is 1.61 bits per heavy atom. The van der Waals surface area contributed by atoms with Gasteiger partial charge in [-0.05, 0) is 43.0 Å². The Bertz CT molecular complexity index is 741. The monoisotopic (exact) mass is 337 g/mol. The van der Waals surface area contributed by atoms with Crippen molar-refractivity contribution in [3.8, 4) is 0 Å². The first-order valence-corrected chi connectivity index (χ1v) is 8.79. The predicted molar refractivity (Wildman–Crippen MR) is 89.3 cm³/mol. The Balaban J connectivity index is 0.000000167. The Labute approximate surface area is 135 Å². The summed E-state index contributed by atoms with van der Waals surface area (Å²) in [7, 11) is -3.96. The van der Waals surface area contributed by atoms with Crippen LogP contribution in [-0.2, 0) is 15.8 Å². The lowest BCUT2D eigenvalue weighted by atomic mass is 10.1. The average Bonchev–Trinajstić information content (AvgIpc) is 3.27. The summed E-state index contributed by atoms with van der Waals surface area (Å²) in [5.41, 5.74) is 6.51. The molecule has 23 heavy (non-hydrogen) atoms. The van der Waals surface area contributed by atoms with Gasteiger partial charge in [-0.2, -0.15) is 8.42 Å². The van der Waals surface area contributed by atoms with E-state index in [9.17, 15) is 12.8 Å². The van der Waals surface area contributed by atoms with Gasteiger partial charge < -0.3 is 5.73 Å². The van der Waals surface area contributed by atoms with Gasteiger partial charge in [0.05, 0.1) is 0 Å². The highest BCUT2D eigenvalue weighted by Gasteiger charge is 2.44. The highest BCUT2D eigenvalue weighted by atomic mass is 32.2. The molecule has 1 aliphatic rings. The maximum Gasteiger partial charge on any atom is 0.271 e. The Kier molecular flexibility index (Phi) is 5.06. The van der Waals surface area contributed by atoms with Gasteiger partial charge >= 0.3 is 0 Å². The molecule has 6 heteroatoms. The molecule has 1 fully saturated rings. The zero-order valence-electron chi connectivity index (χ0n) is 12.8. The minimum absolute atomic E-state index is 0.597. The van der Waals surface area contributed by atoms with E-state index in [-0.39, 0.29) is 0 Å². The number of benzene rings is 2. The average molecular weight is 337 g/mol. The van der Waals surface area contributed by atoms with E-state index in [1.165, 1.54) is 6.92 Å². The Morgan fingerprint density at radius 3 is 2.04 bits per heavy atom. The molecule has 0 aromatic heterocycles. The second-order valence-corrected chi connectivity index (χ2v) is 7.39. The van der Waals surface area contributed by atoms with Crippen molar-refractivity contribution in [1.29, 1.82) is 0 Å². The summed E-state index contributed by atoms with van der Waals surface area (Å²) < 4.78 is 43.4. The van der Waals surface area contributed by atoms with Crippen molar-refractivity contribution in [3.63, 3.8) is 0 Å². The summed E-state index contributed by atoms with van der Waals surface area (Å²) in [6.07, 6.45) is 1.33. The van der Waals surface area contributed by atoms with Crippen LogP contribution in [0.5, 0.6) is 0 Å². The van der Waals surface area contributed by atoms with Crippen molar-refractivity contribution in [2.45, 2.75) is 30.7 Å². The van der Waals surface area contributed by atoms with Crippen LogP contribution in [0.25, 0.3) is 0 Å². The molecule has 124 valence electrons. The van der Waals surface area contributed by atoms with Crippen LogP contribution in [0.4, 0.5) is 10.1 Å². The van der Waals surface area contributed by atoms with E-state index in [0.29, 0.717) is 24.1 Å². The number of anilines is 1. The molecule has 0 heterocycles. The summed E-state index contributed by atoms with van der Waals surface area (Å²) in [4.78, 5) is 0. The van der Waals surface area contributed by atoms with Gasteiger partial charge in [0.15, 0.2) is 0 Å². The van der Waals surface area contributed by atoms with Gasteiger partial charge in [-0.15, -0.1) is 0 Å². The van der Waals surface area contributed by atoms with E-state index >= 15 is 0 Å². The number of nitrogens with two attached hydrogens (primary N) is 1. The van der Waals surface area contributed by atoms with Crippen LogP contribution in [0.1, 0.15) is 36.1 Å². The molecule has 2 aromatic rings. The molecule has 1 unspecified atom stereocenters. The third kappa shape index (κ3) is 4.77. The van der Waals surface area contributed by atoms with E-state index in [1.807, 2.05) is 0 Å². The highest BCUT2D eigenvalue weighted by Crippen LogP contribution is 2.49. The van der Waals surface area contributed by atoms with Crippen LogP contribution in [0.15, 0.2) is 54.6 Å². The normalized spacial score (nSPS) is 16.8. The minimum atomic E-state index is -3.96. The van der Waals surface area contributed by atoms with Crippen LogP contribution in [-0.4, -0.2) is 13.0 Å². The molecule has 2 aromatic carbocycles. The number of halogens is 1. The molecule has 4 nitrogen and oxygen atoms in total. The molecule has 1 saturated carbocycles.